The standard InChI is InChI=1S/C15H12ClF3O2/c16-8-10-4-5-14(13(7-10)15(17,18)19)21-9-11-2-1-3-12(20)6-11/h1-7,20H,8-9H2. The van der Waals surface area contributed by atoms with Crippen LogP contribution in [0.15, 0.2) is 42.5 Å². The van der Waals surface area contributed by atoms with Crippen molar-refractivity contribution in [2.75, 3.05) is 0 Å². The summed E-state index contributed by atoms with van der Waals surface area (Å²) in [5, 5.41) is 9.31. The molecule has 112 valence electrons. The van der Waals surface area contributed by atoms with Gasteiger partial charge in [-0.25, -0.2) is 0 Å². The van der Waals surface area contributed by atoms with E-state index in [0.717, 1.165) is 6.07 Å². The van der Waals surface area contributed by atoms with E-state index in [-0.39, 0.29) is 24.0 Å². The molecule has 21 heavy (non-hydrogen) atoms. The van der Waals surface area contributed by atoms with Crippen LogP contribution in [0.3, 0.4) is 0 Å². The van der Waals surface area contributed by atoms with Crippen LogP contribution in [0.1, 0.15) is 16.7 Å². The molecule has 0 aliphatic rings. The largest absolute Gasteiger partial charge is 0.508 e. The molecule has 0 bridgehead atoms. The molecule has 2 aromatic carbocycles. The predicted octanol–water partition coefficient (Wildman–Crippen LogP) is 4.73. The lowest BCUT2D eigenvalue weighted by atomic mass is 10.1. The number of ether oxygens (including phenoxy) is 1. The second-order valence-corrected chi connectivity index (χ2v) is 4.69. The quantitative estimate of drug-likeness (QED) is 0.826. The number of aromatic hydroxyl groups is 1. The maximum Gasteiger partial charge on any atom is 0.419 e. The van der Waals surface area contributed by atoms with Gasteiger partial charge in [0.1, 0.15) is 18.1 Å². The van der Waals surface area contributed by atoms with E-state index in [9.17, 15) is 18.3 Å². The maximum atomic E-state index is 13.0. The van der Waals surface area contributed by atoms with Crippen LogP contribution in [0.4, 0.5) is 13.2 Å². The Bertz CT molecular complexity index is 627. The van der Waals surface area contributed by atoms with Gasteiger partial charge in [-0.1, -0.05) is 18.2 Å². The fraction of sp³-hybridized carbons (Fsp3) is 0.200. The van der Waals surface area contributed by atoms with Gasteiger partial charge in [0.2, 0.25) is 0 Å². The van der Waals surface area contributed by atoms with E-state index in [0.29, 0.717) is 11.1 Å². The summed E-state index contributed by atoms with van der Waals surface area (Å²) in [4.78, 5) is 0. The van der Waals surface area contributed by atoms with Gasteiger partial charge in [-0.3, -0.25) is 0 Å². The topological polar surface area (TPSA) is 29.5 Å². The van der Waals surface area contributed by atoms with Crippen molar-refractivity contribution in [2.24, 2.45) is 0 Å². The van der Waals surface area contributed by atoms with E-state index >= 15 is 0 Å². The Hall–Kier alpha value is -1.88. The molecule has 0 unspecified atom stereocenters. The van der Waals surface area contributed by atoms with Crippen LogP contribution < -0.4 is 4.74 Å². The molecular formula is C15H12ClF3O2. The zero-order valence-electron chi connectivity index (χ0n) is 10.8. The Morgan fingerprint density at radius 2 is 1.81 bits per heavy atom. The molecule has 0 atom stereocenters. The minimum absolute atomic E-state index is 0.00405. The van der Waals surface area contributed by atoms with Gasteiger partial charge in [0.05, 0.1) is 5.56 Å². The fourth-order valence-electron chi connectivity index (χ4n) is 1.81. The molecule has 2 rings (SSSR count). The van der Waals surface area contributed by atoms with Crippen molar-refractivity contribution in [3.05, 3.63) is 59.2 Å². The van der Waals surface area contributed by atoms with E-state index in [1.807, 2.05) is 0 Å². The summed E-state index contributed by atoms with van der Waals surface area (Å²) in [7, 11) is 0. The van der Waals surface area contributed by atoms with Crippen LogP contribution in [-0.2, 0) is 18.7 Å². The van der Waals surface area contributed by atoms with Gasteiger partial charge >= 0.3 is 6.18 Å². The van der Waals surface area contributed by atoms with Gasteiger partial charge in [0.25, 0.3) is 0 Å². The first kappa shape index (κ1) is 15.5. The molecular weight excluding hydrogens is 305 g/mol. The third kappa shape index (κ3) is 4.04. The molecule has 0 aliphatic carbocycles. The van der Waals surface area contributed by atoms with Crippen molar-refractivity contribution in [3.63, 3.8) is 0 Å². The van der Waals surface area contributed by atoms with Crippen LogP contribution in [0, 0.1) is 0 Å². The average molecular weight is 317 g/mol. The number of hydrogen-bond acceptors (Lipinski definition) is 2. The molecule has 6 heteroatoms. The van der Waals surface area contributed by atoms with Gasteiger partial charge in [0, 0.05) is 5.88 Å². The predicted molar refractivity (Wildman–Crippen MR) is 73.4 cm³/mol. The summed E-state index contributed by atoms with van der Waals surface area (Å²) < 4.78 is 44.2. The van der Waals surface area contributed by atoms with Crippen molar-refractivity contribution < 1.29 is 23.0 Å². The Balaban J connectivity index is 2.23. The maximum absolute atomic E-state index is 13.0. The Labute approximate surface area is 124 Å². The highest BCUT2D eigenvalue weighted by Crippen LogP contribution is 2.37. The monoisotopic (exact) mass is 316 g/mol. The molecule has 0 heterocycles. The molecule has 0 aromatic heterocycles. The molecule has 0 spiro atoms. The number of halogens is 4. The highest BCUT2D eigenvalue weighted by molar-refractivity contribution is 6.17. The molecule has 0 aliphatic heterocycles. The summed E-state index contributed by atoms with van der Waals surface area (Å²) in [6.45, 7) is -0.0717. The van der Waals surface area contributed by atoms with Gasteiger partial charge in [-0.05, 0) is 35.4 Å². The van der Waals surface area contributed by atoms with Crippen LogP contribution in [0.2, 0.25) is 0 Å². The summed E-state index contributed by atoms with van der Waals surface area (Å²) in [6.07, 6.45) is -4.52. The van der Waals surface area contributed by atoms with E-state index < -0.39 is 11.7 Å². The summed E-state index contributed by atoms with van der Waals surface area (Å²) in [6, 6.07) is 9.86. The third-order valence-electron chi connectivity index (χ3n) is 2.81. The van der Waals surface area contributed by atoms with Crippen molar-refractivity contribution >= 4 is 11.6 Å². The van der Waals surface area contributed by atoms with E-state index in [2.05, 4.69) is 0 Å². The summed E-state index contributed by atoms with van der Waals surface area (Å²) in [5.41, 5.74) is 0.0824. The van der Waals surface area contributed by atoms with Gasteiger partial charge in [0.15, 0.2) is 0 Å². The van der Waals surface area contributed by atoms with Crippen molar-refractivity contribution in [1.82, 2.24) is 0 Å². The number of benzene rings is 2. The first-order chi connectivity index (χ1) is 9.90. The number of phenols is 1. The van der Waals surface area contributed by atoms with Gasteiger partial charge in [-0.15, -0.1) is 11.6 Å². The van der Waals surface area contributed by atoms with Crippen molar-refractivity contribution in [3.8, 4) is 11.5 Å². The Kier molecular flexibility index (Phi) is 4.63. The molecule has 1 N–H and O–H groups in total. The van der Waals surface area contributed by atoms with E-state index in [1.165, 1.54) is 24.3 Å². The minimum Gasteiger partial charge on any atom is -0.508 e. The molecule has 0 fully saturated rings. The SMILES string of the molecule is Oc1cccc(COc2ccc(CCl)cc2C(F)(F)F)c1. The zero-order valence-corrected chi connectivity index (χ0v) is 11.6. The number of hydrogen-bond donors (Lipinski definition) is 1. The van der Waals surface area contributed by atoms with Crippen LogP contribution in [0.25, 0.3) is 0 Å². The van der Waals surface area contributed by atoms with Crippen LogP contribution >= 0.6 is 11.6 Å². The lowest BCUT2D eigenvalue weighted by Crippen LogP contribution is -2.09. The highest BCUT2D eigenvalue weighted by Gasteiger charge is 2.34. The molecule has 0 radical (unpaired) electrons. The minimum atomic E-state index is -4.52. The number of phenolic OH excluding ortho intramolecular Hbond substituents is 1. The average Bonchev–Trinajstić information content (AvgIpc) is 2.44. The Morgan fingerprint density at radius 1 is 1.05 bits per heavy atom. The Morgan fingerprint density at radius 3 is 2.43 bits per heavy atom. The lowest BCUT2D eigenvalue weighted by molar-refractivity contribution is -0.139. The highest BCUT2D eigenvalue weighted by atomic mass is 35.5. The normalized spacial score (nSPS) is 11.4. The van der Waals surface area contributed by atoms with E-state index in [4.69, 9.17) is 16.3 Å². The molecule has 0 amide bonds. The molecule has 0 saturated carbocycles. The molecule has 0 saturated heterocycles. The zero-order chi connectivity index (χ0) is 15.5. The first-order valence-corrected chi connectivity index (χ1v) is 6.60. The number of alkyl halides is 4. The van der Waals surface area contributed by atoms with E-state index in [1.54, 1.807) is 12.1 Å². The first-order valence-electron chi connectivity index (χ1n) is 6.07. The third-order valence-corrected chi connectivity index (χ3v) is 3.12. The molecule has 2 nitrogen and oxygen atoms in total. The van der Waals surface area contributed by atoms with Gasteiger partial charge in [-0.2, -0.15) is 13.2 Å². The van der Waals surface area contributed by atoms with Gasteiger partial charge < -0.3 is 9.84 Å². The summed E-state index contributed by atoms with van der Waals surface area (Å²) >= 11 is 5.56. The fourth-order valence-corrected chi connectivity index (χ4v) is 1.98. The number of rotatable bonds is 4. The second kappa shape index (κ2) is 6.26. The molecule has 2 aromatic rings. The van der Waals surface area contributed by atoms with Crippen LogP contribution in [0.5, 0.6) is 11.5 Å². The second-order valence-electron chi connectivity index (χ2n) is 4.42. The van der Waals surface area contributed by atoms with Crippen molar-refractivity contribution in [1.29, 1.82) is 0 Å². The van der Waals surface area contributed by atoms with Crippen LogP contribution in [-0.4, -0.2) is 5.11 Å². The lowest BCUT2D eigenvalue weighted by Gasteiger charge is -2.15. The summed E-state index contributed by atoms with van der Waals surface area (Å²) in [5.74, 6) is -0.236. The van der Waals surface area contributed by atoms with Crippen molar-refractivity contribution in [2.45, 2.75) is 18.7 Å². The smallest absolute Gasteiger partial charge is 0.419 e.